The number of benzene rings is 1. The fourth-order valence-electron chi connectivity index (χ4n) is 2.89. The Bertz CT molecular complexity index is 1100. The summed E-state index contributed by atoms with van der Waals surface area (Å²) in [5.41, 5.74) is 1.72. The number of nitrogens with zero attached hydrogens (tertiary/aromatic N) is 2. The molecule has 1 aromatic heterocycles. The zero-order valence-electron chi connectivity index (χ0n) is 15.7. The van der Waals surface area contributed by atoms with Crippen molar-refractivity contribution in [3.63, 3.8) is 0 Å². The van der Waals surface area contributed by atoms with Crippen molar-refractivity contribution in [2.75, 3.05) is 6.54 Å². The van der Waals surface area contributed by atoms with Crippen LogP contribution in [-0.2, 0) is 9.59 Å². The van der Waals surface area contributed by atoms with E-state index in [0.717, 1.165) is 5.56 Å². The van der Waals surface area contributed by atoms with Gasteiger partial charge in [0.15, 0.2) is 5.11 Å². The van der Waals surface area contributed by atoms with E-state index < -0.39 is 16.7 Å². The lowest BCUT2D eigenvalue weighted by atomic mass is 10.0. The molecule has 0 bridgehead atoms. The van der Waals surface area contributed by atoms with Crippen LogP contribution in [0, 0.1) is 24.0 Å². The van der Waals surface area contributed by atoms with Crippen molar-refractivity contribution >= 4 is 40.9 Å². The molecule has 2 heterocycles. The molecule has 0 unspecified atom stereocenters. The number of amides is 2. The predicted octanol–water partition coefficient (Wildman–Crippen LogP) is 3.28. The van der Waals surface area contributed by atoms with Crippen molar-refractivity contribution in [1.82, 2.24) is 10.2 Å². The van der Waals surface area contributed by atoms with E-state index in [4.69, 9.17) is 16.6 Å². The highest BCUT2D eigenvalue weighted by atomic mass is 32.1. The fourth-order valence-corrected chi connectivity index (χ4v) is 3.14. The number of aryl methyl sites for hydroxylation is 1. The molecule has 1 saturated heterocycles. The van der Waals surface area contributed by atoms with Crippen molar-refractivity contribution in [2.24, 2.45) is 0 Å². The highest BCUT2D eigenvalue weighted by Crippen LogP contribution is 2.31. The summed E-state index contributed by atoms with van der Waals surface area (Å²) in [6, 6.07) is 6.41. The van der Waals surface area contributed by atoms with Crippen molar-refractivity contribution in [2.45, 2.75) is 13.8 Å². The molecule has 8 nitrogen and oxygen atoms in total. The van der Waals surface area contributed by atoms with E-state index in [9.17, 15) is 19.7 Å². The second-order valence-corrected chi connectivity index (χ2v) is 6.80. The van der Waals surface area contributed by atoms with E-state index in [1.165, 1.54) is 23.1 Å². The number of nitrogens with one attached hydrogen (secondary N) is 1. The smallest absolute Gasteiger partial charge is 0.273 e. The van der Waals surface area contributed by atoms with Crippen LogP contribution in [-0.4, -0.2) is 33.3 Å². The van der Waals surface area contributed by atoms with Gasteiger partial charge < -0.3 is 4.42 Å². The molecule has 0 radical (unpaired) electrons. The molecule has 0 spiro atoms. The third kappa shape index (κ3) is 3.85. The summed E-state index contributed by atoms with van der Waals surface area (Å²) in [5.74, 6) is -0.547. The fraction of sp³-hybridized carbons (Fsp3) is 0.150. The van der Waals surface area contributed by atoms with E-state index in [2.05, 4.69) is 11.9 Å². The number of rotatable bonds is 5. The zero-order chi connectivity index (χ0) is 21.3. The quantitative estimate of drug-likeness (QED) is 0.202. The molecule has 0 atom stereocenters. The molecule has 1 N–H and O–H groups in total. The summed E-state index contributed by atoms with van der Waals surface area (Å²) in [5, 5.41) is 13.7. The van der Waals surface area contributed by atoms with Gasteiger partial charge in [0.2, 0.25) is 0 Å². The first-order chi connectivity index (χ1) is 13.7. The number of nitro benzene ring substituents is 1. The maximum Gasteiger partial charge on any atom is 0.273 e. The number of hydrogen-bond acceptors (Lipinski definition) is 6. The van der Waals surface area contributed by atoms with Gasteiger partial charge in [0, 0.05) is 23.7 Å². The molecule has 2 amide bonds. The van der Waals surface area contributed by atoms with Gasteiger partial charge in [-0.05, 0) is 55.9 Å². The highest BCUT2D eigenvalue weighted by Gasteiger charge is 2.32. The largest absolute Gasteiger partial charge is 0.457 e. The number of furan rings is 1. The van der Waals surface area contributed by atoms with Gasteiger partial charge in [-0.1, -0.05) is 6.08 Å². The maximum atomic E-state index is 12.6. The lowest BCUT2D eigenvalue weighted by Gasteiger charge is -2.27. The summed E-state index contributed by atoms with van der Waals surface area (Å²) in [6.45, 7) is 7.19. The first kappa shape index (κ1) is 20.2. The zero-order valence-corrected chi connectivity index (χ0v) is 16.5. The highest BCUT2D eigenvalue weighted by molar-refractivity contribution is 7.80. The van der Waals surface area contributed by atoms with E-state index in [-0.39, 0.29) is 28.7 Å². The van der Waals surface area contributed by atoms with Gasteiger partial charge in [0.25, 0.3) is 17.5 Å². The van der Waals surface area contributed by atoms with Gasteiger partial charge in [-0.25, -0.2) is 0 Å². The third-order valence-corrected chi connectivity index (χ3v) is 4.85. The maximum absolute atomic E-state index is 12.6. The van der Waals surface area contributed by atoms with Crippen LogP contribution in [0.5, 0.6) is 0 Å². The number of carbonyl (C=O) groups excluding carboxylic acids is 2. The Hall–Kier alpha value is -3.59. The van der Waals surface area contributed by atoms with Crippen LogP contribution in [0.2, 0.25) is 0 Å². The van der Waals surface area contributed by atoms with Crippen molar-refractivity contribution in [3.05, 3.63) is 69.5 Å². The van der Waals surface area contributed by atoms with Gasteiger partial charge in [0.1, 0.15) is 17.1 Å². The number of hydrogen-bond donors (Lipinski definition) is 1. The van der Waals surface area contributed by atoms with Crippen LogP contribution >= 0.6 is 12.2 Å². The molecular weight excluding hydrogens is 394 g/mol. The molecule has 1 aromatic carbocycles. The van der Waals surface area contributed by atoms with Gasteiger partial charge in [-0.2, -0.15) is 0 Å². The lowest BCUT2D eigenvalue weighted by Crippen LogP contribution is -2.53. The predicted molar refractivity (Wildman–Crippen MR) is 111 cm³/mol. The molecule has 1 fully saturated rings. The molecule has 0 saturated carbocycles. The van der Waals surface area contributed by atoms with E-state index >= 15 is 0 Å². The Balaban J connectivity index is 1.97. The SMILES string of the molecule is C=CCN1C(=O)/C(=C/c2ccc(-c3cc(C)c(C)c([N+](=O)[O-])c3)o2)C(=O)NC1=S. The summed E-state index contributed by atoms with van der Waals surface area (Å²) >= 11 is 5.01. The van der Waals surface area contributed by atoms with Crippen LogP contribution in [0.25, 0.3) is 17.4 Å². The molecule has 29 heavy (non-hydrogen) atoms. The van der Waals surface area contributed by atoms with Crippen LogP contribution < -0.4 is 5.32 Å². The third-order valence-electron chi connectivity index (χ3n) is 4.53. The van der Waals surface area contributed by atoms with Crippen LogP contribution in [0.1, 0.15) is 16.9 Å². The molecular formula is C20H17N3O5S. The number of nitro groups is 1. The molecule has 9 heteroatoms. The molecule has 1 aliphatic rings. The number of carbonyl (C=O) groups is 2. The van der Waals surface area contributed by atoms with Crippen molar-refractivity contribution in [3.8, 4) is 11.3 Å². The van der Waals surface area contributed by atoms with Gasteiger partial charge in [0.05, 0.1) is 4.92 Å². The lowest BCUT2D eigenvalue weighted by molar-refractivity contribution is -0.385. The Morgan fingerprint density at radius 1 is 1.31 bits per heavy atom. The average Bonchev–Trinajstić information content (AvgIpc) is 3.12. The molecule has 3 rings (SSSR count). The Labute approximate surface area is 171 Å². The molecule has 148 valence electrons. The molecule has 2 aromatic rings. The van der Waals surface area contributed by atoms with E-state index in [1.807, 2.05) is 0 Å². The number of thiocarbonyl (C=S) groups is 1. The first-order valence-electron chi connectivity index (χ1n) is 8.58. The molecule has 1 aliphatic heterocycles. The minimum Gasteiger partial charge on any atom is -0.457 e. The van der Waals surface area contributed by atoms with E-state index in [0.29, 0.717) is 16.9 Å². The van der Waals surface area contributed by atoms with Crippen LogP contribution in [0.15, 0.2) is 46.9 Å². The van der Waals surface area contributed by atoms with E-state index in [1.54, 1.807) is 32.0 Å². The first-order valence-corrected chi connectivity index (χ1v) is 8.99. The van der Waals surface area contributed by atoms with Crippen LogP contribution in [0.3, 0.4) is 0 Å². The Kier molecular flexibility index (Phi) is 5.42. The second kappa shape index (κ2) is 7.80. The standard InChI is InChI=1S/C20H17N3O5S/c1-4-7-22-19(25)15(18(24)21-20(22)29)10-14-5-6-17(28-14)13-8-11(2)12(3)16(9-13)23(26)27/h4-6,8-10H,1,7H2,2-3H3,(H,21,24,29)/b15-10+. The minimum atomic E-state index is -0.625. The normalized spacial score (nSPS) is 15.6. The second-order valence-electron chi connectivity index (χ2n) is 6.42. The minimum absolute atomic E-state index is 0.00767. The molecule has 0 aliphatic carbocycles. The summed E-state index contributed by atoms with van der Waals surface area (Å²) < 4.78 is 5.72. The van der Waals surface area contributed by atoms with Crippen LogP contribution in [0.4, 0.5) is 5.69 Å². The monoisotopic (exact) mass is 411 g/mol. The van der Waals surface area contributed by atoms with Gasteiger partial charge >= 0.3 is 0 Å². The summed E-state index contributed by atoms with van der Waals surface area (Å²) in [6.07, 6.45) is 2.81. The summed E-state index contributed by atoms with van der Waals surface area (Å²) in [4.78, 5) is 36.8. The summed E-state index contributed by atoms with van der Waals surface area (Å²) in [7, 11) is 0. The van der Waals surface area contributed by atoms with Gasteiger partial charge in [-0.3, -0.25) is 29.9 Å². The van der Waals surface area contributed by atoms with Crippen molar-refractivity contribution in [1.29, 1.82) is 0 Å². The Morgan fingerprint density at radius 2 is 2.03 bits per heavy atom. The van der Waals surface area contributed by atoms with Crippen molar-refractivity contribution < 1.29 is 18.9 Å². The topological polar surface area (TPSA) is 106 Å². The average molecular weight is 411 g/mol. The Morgan fingerprint density at radius 3 is 2.69 bits per heavy atom. The van der Waals surface area contributed by atoms with Gasteiger partial charge in [-0.15, -0.1) is 6.58 Å².